The molecule has 0 aliphatic carbocycles. The van der Waals surface area contributed by atoms with Crippen molar-refractivity contribution in [3.05, 3.63) is 53.3 Å². The number of nitrogens with zero attached hydrogens (tertiary/aromatic N) is 1. The molecule has 1 heterocycles. The Morgan fingerprint density at radius 1 is 1.04 bits per heavy atom. The highest BCUT2D eigenvalue weighted by Crippen LogP contribution is 2.42. The number of rotatable bonds is 7. The first-order chi connectivity index (χ1) is 13.1. The van der Waals surface area contributed by atoms with Crippen molar-refractivity contribution in [2.45, 2.75) is 11.8 Å². The Morgan fingerprint density at radius 3 is 2.48 bits per heavy atom. The zero-order valence-electron chi connectivity index (χ0n) is 15.5. The third-order valence-corrected chi connectivity index (χ3v) is 5.76. The lowest BCUT2D eigenvalue weighted by Crippen LogP contribution is -2.30. The van der Waals surface area contributed by atoms with Gasteiger partial charge in [0.2, 0.25) is 5.91 Å². The summed E-state index contributed by atoms with van der Waals surface area (Å²) in [7, 11) is 4.70. The van der Waals surface area contributed by atoms with Crippen molar-refractivity contribution >= 4 is 17.7 Å². The molecular weight excluding hydrogens is 369 g/mol. The molecule has 0 saturated carbocycles. The molecule has 7 heteroatoms. The highest BCUT2D eigenvalue weighted by Gasteiger charge is 2.34. The summed E-state index contributed by atoms with van der Waals surface area (Å²) in [5.74, 6) is 1.89. The molecule has 0 bridgehead atoms. The number of hydrogen-bond donors (Lipinski definition) is 0. The van der Waals surface area contributed by atoms with E-state index < -0.39 is 0 Å². The molecule has 1 amide bonds. The Bertz CT molecular complexity index is 830. The van der Waals surface area contributed by atoms with Gasteiger partial charge in [-0.1, -0.05) is 6.07 Å². The molecule has 1 aliphatic heterocycles. The van der Waals surface area contributed by atoms with Crippen LogP contribution in [0, 0.1) is 5.82 Å². The van der Waals surface area contributed by atoms with Gasteiger partial charge in [-0.05, 0) is 36.2 Å². The molecule has 0 N–H and O–H groups in total. The number of halogens is 1. The summed E-state index contributed by atoms with van der Waals surface area (Å²) in [6.07, 6.45) is 0.673. The summed E-state index contributed by atoms with van der Waals surface area (Å²) in [5.41, 5.74) is 1.85. The number of amides is 1. The molecule has 0 aromatic heterocycles. The van der Waals surface area contributed by atoms with Crippen molar-refractivity contribution in [3.8, 4) is 17.2 Å². The average molecular weight is 391 g/mol. The quantitative estimate of drug-likeness (QED) is 0.721. The predicted octanol–water partition coefficient (Wildman–Crippen LogP) is 3.67. The molecule has 3 rings (SSSR count). The monoisotopic (exact) mass is 391 g/mol. The van der Waals surface area contributed by atoms with Crippen molar-refractivity contribution in [3.63, 3.8) is 0 Å². The van der Waals surface area contributed by atoms with E-state index in [0.717, 1.165) is 11.1 Å². The lowest BCUT2D eigenvalue weighted by atomic mass is 10.1. The van der Waals surface area contributed by atoms with Crippen LogP contribution >= 0.6 is 11.8 Å². The van der Waals surface area contributed by atoms with Crippen molar-refractivity contribution in [2.24, 2.45) is 0 Å². The van der Waals surface area contributed by atoms with Crippen LogP contribution in [0.25, 0.3) is 0 Å². The van der Waals surface area contributed by atoms with Gasteiger partial charge in [-0.2, -0.15) is 0 Å². The van der Waals surface area contributed by atoms with Crippen LogP contribution in [0.15, 0.2) is 36.4 Å². The Hall–Kier alpha value is -2.41. The first kappa shape index (κ1) is 19.4. The molecule has 1 aliphatic rings. The number of thioether (sulfide) groups is 1. The molecule has 144 valence electrons. The average Bonchev–Trinajstić information content (AvgIpc) is 3.06. The van der Waals surface area contributed by atoms with E-state index in [1.807, 2.05) is 23.1 Å². The maximum Gasteiger partial charge on any atom is 0.233 e. The van der Waals surface area contributed by atoms with E-state index in [2.05, 4.69) is 0 Å². The van der Waals surface area contributed by atoms with Crippen LogP contribution < -0.4 is 14.2 Å². The molecule has 0 radical (unpaired) electrons. The number of ether oxygens (including phenoxy) is 3. The van der Waals surface area contributed by atoms with Crippen LogP contribution in [0.4, 0.5) is 4.39 Å². The molecule has 0 spiro atoms. The first-order valence-electron chi connectivity index (χ1n) is 8.52. The fraction of sp³-hybridized carbons (Fsp3) is 0.350. The van der Waals surface area contributed by atoms with Gasteiger partial charge in [0.1, 0.15) is 16.9 Å². The number of carbonyl (C=O) groups is 1. The molecule has 5 nitrogen and oxygen atoms in total. The van der Waals surface area contributed by atoms with Crippen molar-refractivity contribution in [1.29, 1.82) is 0 Å². The Morgan fingerprint density at radius 2 is 1.78 bits per heavy atom. The molecule has 2 aromatic rings. The number of hydrogen-bond acceptors (Lipinski definition) is 5. The minimum absolute atomic E-state index is 0.0665. The minimum atomic E-state index is -0.359. The van der Waals surface area contributed by atoms with E-state index in [1.54, 1.807) is 20.3 Å². The third kappa shape index (κ3) is 4.13. The van der Waals surface area contributed by atoms with E-state index in [9.17, 15) is 9.18 Å². The summed E-state index contributed by atoms with van der Waals surface area (Å²) in [6.45, 7) is 0.548. The number of carbonyl (C=O) groups excluding carboxylic acids is 1. The normalized spacial score (nSPS) is 16.5. The van der Waals surface area contributed by atoms with E-state index >= 15 is 0 Å². The largest absolute Gasteiger partial charge is 0.496 e. The fourth-order valence-electron chi connectivity index (χ4n) is 3.13. The van der Waals surface area contributed by atoms with Gasteiger partial charge in [-0.3, -0.25) is 4.79 Å². The Labute approximate surface area is 162 Å². The lowest BCUT2D eigenvalue weighted by Gasteiger charge is -2.25. The number of benzene rings is 2. The first-order valence-corrected chi connectivity index (χ1v) is 9.57. The highest BCUT2D eigenvalue weighted by atomic mass is 32.2. The zero-order valence-corrected chi connectivity index (χ0v) is 16.3. The van der Waals surface area contributed by atoms with Crippen LogP contribution in [0.1, 0.15) is 16.5 Å². The summed E-state index contributed by atoms with van der Waals surface area (Å²) >= 11 is 1.53. The van der Waals surface area contributed by atoms with Gasteiger partial charge in [-0.15, -0.1) is 11.8 Å². The van der Waals surface area contributed by atoms with Crippen molar-refractivity contribution in [2.75, 3.05) is 33.6 Å². The van der Waals surface area contributed by atoms with E-state index in [1.165, 1.54) is 31.0 Å². The van der Waals surface area contributed by atoms with Gasteiger partial charge in [0.15, 0.2) is 11.5 Å². The summed E-state index contributed by atoms with van der Waals surface area (Å²) in [5, 5.41) is -0.187. The highest BCUT2D eigenvalue weighted by molar-refractivity contribution is 8.00. The smallest absolute Gasteiger partial charge is 0.233 e. The molecular formula is C20H22FNO4S. The van der Waals surface area contributed by atoms with Crippen LogP contribution in [-0.4, -0.2) is 44.4 Å². The summed E-state index contributed by atoms with van der Waals surface area (Å²) in [6, 6.07) is 10.2. The summed E-state index contributed by atoms with van der Waals surface area (Å²) < 4.78 is 29.4. The summed E-state index contributed by atoms with van der Waals surface area (Å²) in [4.78, 5) is 14.2. The van der Waals surface area contributed by atoms with Crippen molar-refractivity contribution < 1.29 is 23.4 Å². The second kappa shape index (κ2) is 8.52. The standard InChI is InChI=1S/C20H22FNO4S/c1-24-16-7-4-13(10-18(16)26-3)8-9-22-19(23)12-27-20(22)15-6-5-14(21)11-17(15)25-2/h4-7,10-11,20H,8-9,12H2,1-3H3. The number of methoxy groups -OCH3 is 3. The Kier molecular flexibility index (Phi) is 6.11. The van der Waals surface area contributed by atoms with Gasteiger partial charge in [-0.25, -0.2) is 4.39 Å². The molecule has 1 atom stereocenters. The third-order valence-electron chi connectivity index (χ3n) is 4.52. The van der Waals surface area contributed by atoms with E-state index in [4.69, 9.17) is 14.2 Å². The second-order valence-electron chi connectivity index (χ2n) is 6.08. The van der Waals surface area contributed by atoms with Gasteiger partial charge >= 0.3 is 0 Å². The second-order valence-corrected chi connectivity index (χ2v) is 7.14. The minimum Gasteiger partial charge on any atom is -0.496 e. The van der Waals surface area contributed by atoms with E-state index in [0.29, 0.717) is 36.0 Å². The van der Waals surface area contributed by atoms with Gasteiger partial charge in [0.05, 0.1) is 27.1 Å². The van der Waals surface area contributed by atoms with Crippen LogP contribution in [0.5, 0.6) is 17.2 Å². The maximum absolute atomic E-state index is 13.5. The van der Waals surface area contributed by atoms with Crippen LogP contribution in [0.3, 0.4) is 0 Å². The SMILES string of the molecule is COc1ccc(CCN2C(=O)CSC2c2ccc(F)cc2OC)cc1OC. The Balaban J connectivity index is 1.78. The maximum atomic E-state index is 13.5. The topological polar surface area (TPSA) is 48.0 Å². The lowest BCUT2D eigenvalue weighted by molar-refractivity contribution is -0.128. The molecule has 1 saturated heterocycles. The van der Waals surface area contributed by atoms with Crippen LogP contribution in [0.2, 0.25) is 0 Å². The molecule has 1 unspecified atom stereocenters. The van der Waals surface area contributed by atoms with Gasteiger partial charge in [0.25, 0.3) is 0 Å². The van der Waals surface area contributed by atoms with Gasteiger partial charge in [0, 0.05) is 18.2 Å². The zero-order chi connectivity index (χ0) is 19.4. The molecule has 27 heavy (non-hydrogen) atoms. The molecule has 1 fully saturated rings. The molecule has 2 aromatic carbocycles. The van der Waals surface area contributed by atoms with E-state index in [-0.39, 0.29) is 17.1 Å². The van der Waals surface area contributed by atoms with Gasteiger partial charge < -0.3 is 19.1 Å². The fourth-order valence-corrected chi connectivity index (χ4v) is 4.37. The predicted molar refractivity (Wildman–Crippen MR) is 103 cm³/mol. The van der Waals surface area contributed by atoms with Crippen molar-refractivity contribution in [1.82, 2.24) is 4.90 Å². The van der Waals surface area contributed by atoms with Crippen LogP contribution in [-0.2, 0) is 11.2 Å².